The van der Waals surface area contributed by atoms with Crippen LogP contribution in [0.1, 0.15) is 16.1 Å². The minimum Gasteiger partial charge on any atom is -0.265 e. The molecule has 1 amide bonds. The van der Waals surface area contributed by atoms with Crippen molar-refractivity contribution in [1.82, 2.24) is 15.2 Å². The predicted molar refractivity (Wildman–Crippen MR) is 111 cm³/mol. The van der Waals surface area contributed by atoms with Gasteiger partial charge in [0, 0.05) is 5.56 Å². The Morgan fingerprint density at radius 1 is 0.857 bits per heavy atom. The summed E-state index contributed by atoms with van der Waals surface area (Å²) in [5.41, 5.74) is 6.45. The number of hydrogen-bond donors (Lipinski definition) is 1. The highest BCUT2D eigenvalue weighted by Gasteiger charge is 2.16. The highest BCUT2D eigenvalue weighted by molar-refractivity contribution is 5.94. The van der Waals surface area contributed by atoms with Gasteiger partial charge in [-0.25, -0.2) is 10.1 Å². The Morgan fingerprint density at radius 3 is 2.14 bits per heavy atom. The molecule has 0 unspecified atom stereocenters. The van der Waals surface area contributed by atoms with Crippen molar-refractivity contribution in [2.24, 2.45) is 5.10 Å². The molecule has 28 heavy (non-hydrogen) atoms. The van der Waals surface area contributed by atoms with Gasteiger partial charge in [-0.3, -0.25) is 4.79 Å². The molecule has 4 rings (SSSR count). The number of para-hydroxylation sites is 1. The van der Waals surface area contributed by atoms with Crippen LogP contribution in [0, 0.1) is 0 Å². The molecule has 0 atom stereocenters. The molecule has 1 heterocycles. The molecular formula is C23H18N4O. The van der Waals surface area contributed by atoms with Crippen LogP contribution in [0.5, 0.6) is 0 Å². The largest absolute Gasteiger partial charge is 0.291 e. The first kappa shape index (κ1) is 17.4. The molecule has 0 aliphatic heterocycles. The summed E-state index contributed by atoms with van der Waals surface area (Å²) in [6.07, 6.45) is 1.60. The van der Waals surface area contributed by atoms with E-state index in [1.165, 1.54) is 0 Å². The second-order valence-corrected chi connectivity index (χ2v) is 6.14. The molecule has 0 aliphatic carbocycles. The number of hydrazone groups is 1. The third kappa shape index (κ3) is 3.88. The minimum atomic E-state index is -0.362. The van der Waals surface area contributed by atoms with E-state index in [2.05, 4.69) is 15.6 Å². The molecule has 1 N–H and O–H groups in total. The Kier molecular flexibility index (Phi) is 5.06. The van der Waals surface area contributed by atoms with Crippen molar-refractivity contribution in [3.8, 4) is 16.9 Å². The lowest BCUT2D eigenvalue weighted by Gasteiger charge is -2.07. The molecule has 136 valence electrons. The molecule has 0 saturated heterocycles. The van der Waals surface area contributed by atoms with Crippen molar-refractivity contribution < 1.29 is 4.79 Å². The average Bonchev–Trinajstić information content (AvgIpc) is 3.21. The van der Waals surface area contributed by atoms with E-state index in [-0.39, 0.29) is 5.91 Å². The average molecular weight is 366 g/mol. The molecule has 0 saturated carbocycles. The number of carbonyl (C=O) groups is 1. The monoisotopic (exact) mass is 366 g/mol. The Bertz CT molecular complexity index is 1030. The second-order valence-electron chi connectivity index (χ2n) is 6.14. The molecule has 0 aliphatic rings. The van der Waals surface area contributed by atoms with E-state index in [1.807, 2.05) is 91.0 Å². The van der Waals surface area contributed by atoms with Gasteiger partial charge in [0.05, 0.1) is 17.6 Å². The van der Waals surface area contributed by atoms with Crippen LogP contribution in [0.2, 0.25) is 0 Å². The number of hydrogen-bond acceptors (Lipinski definition) is 3. The lowest BCUT2D eigenvalue weighted by Crippen LogP contribution is -2.18. The van der Waals surface area contributed by atoms with E-state index in [1.54, 1.807) is 17.0 Å². The first-order valence-corrected chi connectivity index (χ1v) is 8.90. The van der Waals surface area contributed by atoms with Gasteiger partial charge in [-0.05, 0) is 23.8 Å². The molecule has 0 spiro atoms. The van der Waals surface area contributed by atoms with Gasteiger partial charge in [0.1, 0.15) is 0 Å². The second kappa shape index (κ2) is 8.14. The summed E-state index contributed by atoms with van der Waals surface area (Å²) in [6.45, 7) is 0. The van der Waals surface area contributed by atoms with Crippen LogP contribution >= 0.6 is 0 Å². The van der Waals surface area contributed by atoms with Crippen molar-refractivity contribution in [1.29, 1.82) is 0 Å². The summed E-state index contributed by atoms with van der Waals surface area (Å²) in [7, 11) is 0. The van der Waals surface area contributed by atoms with Crippen LogP contribution in [0.25, 0.3) is 16.9 Å². The number of nitrogens with one attached hydrogen (secondary N) is 1. The summed E-state index contributed by atoms with van der Waals surface area (Å²) in [5.74, 6) is -0.362. The number of nitrogens with zero attached hydrogens (tertiary/aromatic N) is 3. The molecule has 3 aromatic carbocycles. The van der Waals surface area contributed by atoms with Gasteiger partial charge in [-0.1, -0.05) is 78.9 Å². The van der Waals surface area contributed by atoms with Gasteiger partial charge in [-0.2, -0.15) is 10.2 Å². The van der Waals surface area contributed by atoms with E-state index in [4.69, 9.17) is 0 Å². The molecule has 0 radical (unpaired) electrons. The van der Waals surface area contributed by atoms with Crippen LogP contribution in [-0.2, 0) is 0 Å². The summed E-state index contributed by atoms with van der Waals surface area (Å²) in [5, 5.41) is 8.54. The fourth-order valence-corrected chi connectivity index (χ4v) is 2.83. The Balaban J connectivity index is 1.63. The summed E-state index contributed by atoms with van der Waals surface area (Å²) < 4.78 is 1.77. The maximum Gasteiger partial charge on any atom is 0.291 e. The SMILES string of the molecule is O=C(NN=Cc1ccccc1)c1cc(-c2ccccc2)n(-c2ccccc2)n1. The van der Waals surface area contributed by atoms with Crippen molar-refractivity contribution in [3.63, 3.8) is 0 Å². The van der Waals surface area contributed by atoms with Gasteiger partial charge in [-0.15, -0.1) is 0 Å². The van der Waals surface area contributed by atoms with E-state index in [9.17, 15) is 4.79 Å². The predicted octanol–water partition coefficient (Wildman–Crippen LogP) is 4.30. The summed E-state index contributed by atoms with van der Waals surface area (Å²) >= 11 is 0. The number of carbonyl (C=O) groups excluding carboxylic acids is 1. The Morgan fingerprint density at radius 2 is 1.46 bits per heavy atom. The zero-order valence-corrected chi connectivity index (χ0v) is 15.1. The smallest absolute Gasteiger partial charge is 0.265 e. The zero-order chi connectivity index (χ0) is 19.2. The van der Waals surface area contributed by atoms with E-state index >= 15 is 0 Å². The van der Waals surface area contributed by atoms with Crippen molar-refractivity contribution in [2.75, 3.05) is 0 Å². The Hall–Kier alpha value is -3.99. The summed E-state index contributed by atoms with van der Waals surface area (Å²) in [6, 6.07) is 30.9. The third-order valence-corrected chi connectivity index (χ3v) is 4.19. The highest BCUT2D eigenvalue weighted by Crippen LogP contribution is 2.23. The lowest BCUT2D eigenvalue weighted by molar-refractivity contribution is 0.0949. The minimum absolute atomic E-state index is 0.299. The van der Waals surface area contributed by atoms with Crippen molar-refractivity contribution in [2.45, 2.75) is 0 Å². The molecule has 1 aromatic heterocycles. The van der Waals surface area contributed by atoms with E-state index < -0.39 is 0 Å². The summed E-state index contributed by atoms with van der Waals surface area (Å²) in [4.78, 5) is 12.6. The zero-order valence-electron chi connectivity index (χ0n) is 15.1. The van der Waals surface area contributed by atoms with Gasteiger partial charge < -0.3 is 0 Å². The number of benzene rings is 3. The molecular weight excluding hydrogens is 348 g/mol. The quantitative estimate of drug-likeness (QED) is 0.423. The topological polar surface area (TPSA) is 59.3 Å². The first-order chi connectivity index (χ1) is 13.8. The van der Waals surface area contributed by atoms with E-state index in [0.717, 1.165) is 22.5 Å². The molecule has 5 heteroatoms. The maximum atomic E-state index is 12.6. The lowest BCUT2D eigenvalue weighted by atomic mass is 10.1. The normalized spacial score (nSPS) is 10.9. The van der Waals surface area contributed by atoms with Gasteiger partial charge in [0.2, 0.25) is 0 Å². The molecule has 4 aromatic rings. The van der Waals surface area contributed by atoms with Gasteiger partial charge >= 0.3 is 0 Å². The van der Waals surface area contributed by atoms with Gasteiger partial charge in [0.15, 0.2) is 5.69 Å². The molecule has 0 bridgehead atoms. The van der Waals surface area contributed by atoms with Crippen LogP contribution in [0.3, 0.4) is 0 Å². The van der Waals surface area contributed by atoms with Gasteiger partial charge in [0.25, 0.3) is 5.91 Å². The fraction of sp³-hybridized carbons (Fsp3) is 0. The van der Waals surface area contributed by atoms with Crippen LogP contribution in [0.4, 0.5) is 0 Å². The number of rotatable bonds is 5. The van der Waals surface area contributed by atoms with Crippen LogP contribution < -0.4 is 5.43 Å². The maximum absolute atomic E-state index is 12.6. The Labute approximate surface area is 163 Å². The molecule has 0 fully saturated rings. The van der Waals surface area contributed by atoms with Crippen LogP contribution in [-0.4, -0.2) is 21.9 Å². The number of aromatic nitrogens is 2. The van der Waals surface area contributed by atoms with Crippen molar-refractivity contribution in [3.05, 3.63) is 108 Å². The van der Waals surface area contributed by atoms with Crippen LogP contribution in [0.15, 0.2) is 102 Å². The highest BCUT2D eigenvalue weighted by atomic mass is 16.2. The van der Waals surface area contributed by atoms with Crippen molar-refractivity contribution >= 4 is 12.1 Å². The standard InChI is InChI=1S/C23H18N4O/c28-23(25-24-17-18-10-4-1-5-11-18)21-16-22(19-12-6-2-7-13-19)27(26-21)20-14-8-3-9-15-20/h1-17H,(H,25,28). The third-order valence-electron chi connectivity index (χ3n) is 4.19. The fourth-order valence-electron chi connectivity index (χ4n) is 2.83. The first-order valence-electron chi connectivity index (χ1n) is 8.90. The van der Waals surface area contributed by atoms with E-state index in [0.29, 0.717) is 5.69 Å². The molecule has 5 nitrogen and oxygen atoms in total. The number of amides is 1.